The van der Waals surface area contributed by atoms with Crippen molar-refractivity contribution in [2.24, 2.45) is 0 Å². The predicted octanol–water partition coefficient (Wildman–Crippen LogP) is 1.50. The third-order valence-electron chi connectivity index (χ3n) is 3.45. The first-order chi connectivity index (χ1) is 10.1. The van der Waals surface area contributed by atoms with E-state index in [1.54, 1.807) is 0 Å². The highest BCUT2D eigenvalue weighted by atomic mass is 16.5. The zero-order chi connectivity index (χ0) is 15.9. The van der Waals surface area contributed by atoms with Crippen molar-refractivity contribution in [1.82, 2.24) is 10.2 Å². The first kappa shape index (κ1) is 20.8. The van der Waals surface area contributed by atoms with E-state index in [0.29, 0.717) is 32.4 Å². The van der Waals surface area contributed by atoms with Crippen molar-refractivity contribution in [2.45, 2.75) is 52.2 Å². The lowest BCUT2D eigenvalue weighted by molar-refractivity contribution is 0.00394. The van der Waals surface area contributed by atoms with E-state index in [1.807, 2.05) is 0 Å². The fourth-order valence-corrected chi connectivity index (χ4v) is 1.72. The maximum Gasteiger partial charge on any atom is 0.0897 e. The van der Waals surface area contributed by atoms with Crippen molar-refractivity contribution in [3.63, 3.8) is 0 Å². The fraction of sp³-hybridized carbons (Fsp3) is 1.00. The van der Waals surface area contributed by atoms with Crippen molar-refractivity contribution in [1.29, 1.82) is 0 Å². The lowest BCUT2D eigenvalue weighted by Crippen LogP contribution is -2.33. The number of rotatable bonds is 15. The number of aliphatic hydroxyl groups excluding tert-OH is 1. The summed E-state index contributed by atoms with van der Waals surface area (Å²) >= 11 is 0. The van der Waals surface area contributed by atoms with Crippen molar-refractivity contribution in [2.75, 3.05) is 53.1 Å². The summed E-state index contributed by atoms with van der Waals surface area (Å²) in [6, 6.07) is 0.587. The number of unbranched alkanes of at least 4 members (excludes halogenated alkanes) is 1. The number of hydrogen-bond acceptors (Lipinski definition) is 5. The molecule has 128 valence electrons. The summed E-state index contributed by atoms with van der Waals surface area (Å²) in [5.41, 5.74) is 0. The van der Waals surface area contributed by atoms with Gasteiger partial charge in [0.2, 0.25) is 0 Å². The molecule has 1 atom stereocenters. The Morgan fingerprint density at radius 2 is 1.81 bits per heavy atom. The van der Waals surface area contributed by atoms with Gasteiger partial charge in [0.25, 0.3) is 0 Å². The first-order valence-electron chi connectivity index (χ1n) is 8.32. The van der Waals surface area contributed by atoms with Gasteiger partial charge in [-0.2, -0.15) is 0 Å². The molecule has 1 unspecified atom stereocenters. The average Bonchev–Trinajstić information content (AvgIpc) is 2.45. The smallest absolute Gasteiger partial charge is 0.0897 e. The molecule has 0 aliphatic heterocycles. The normalized spacial score (nSPS) is 13.3. The molecule has 0 aromatic heterocycles. The van der Waals surface area contributed by atoms with Gasteiger partial charge in [-0.1, -0.05) is 13.3 Å². The van der Waals surface area contributed by atoms with Crippen molar-refractivity contribution < 1.29 is 14.6 Å². The van der Waals surface area contributed by atoms with Crippen LogP contribution in [0.3, 0.4) is 0 Å². The van der Waals surface area contributed by atoms with Crippen LogP contribution in [0.1, 0.15) is 40.0 Å². The molecule has 0 radical (unpaired) electrons. The van der Waals surface area contributed by atoms with Crippen molar-refractivity contribution in [3.8, 4) is 0 Å². The number of hydrogen-bond donors (Lipinski definition) is 2. The third-order valence-corrected chi connectivity index (χ3v) is 3.45. The van der Waals surface area contributed by atoms with Crippen LogP contribution in [0.4, 0.5) is 0 Å². The van der Waals surface area contributed by atoms with Gasteiger partial charge in [-0.25, -0.2) is 0 Å². The monoisotopic (exact) mass is 304 g/mol. The van der Waals surface area contributed by atoms with Crippen LogP contribution in [0.2, 0.25) is 0 Å². The molecule has 0 saturated carbocycles. The minimum atomic E-state index is -0.441. The van der Waals surface area contributed by atoms with Gasteiger partial charge in [0.1, 0.15) is 0 Å². The quantitative estimate of drug-likeness (QED) is 0.449. The molecule has 0 aromatic carbocycles. The van der Waals surface area contributed by atoms with Gasteiger partial charge >= 0.3 is 0 Å². The zero-order valence-electron chi connectivity index (χ0n) is 14.4. The molecule has 0 rings (SSSR count). The second-order valence-corrected chi connectivity index (χ2v) is 5.83. The molecule has 0 aromatic rings. The van der Waals surface area contributed by atoms with Crippen LogP contribution in [0.25, 0.3) is 0 Å². The van der Waals surface area contributed by atoms with Gasteiger partial charge in [-0.15, -0.1) is 0 Å². The van der Waals surface area contributed by atoms with E-state index in [4.69, 9.17) is 9.47 Å². The Morgan fingerprint density at radius 1 is 1.10 bits per heavy atom. The molecule has 0 spiro atoms. The summed E-state index contributed by atoms with van der Waals surface area (Å²) in [6.07, 6.45) is 2.90. The first-order valence-corrected chi connectivity index (χ1v) is 8.32. The van der Waals surface area contributed by atoms with E-state index >= 15 is 0 Å². The molecule has 5 nitrogen and oxygen atoms in total. The number of aliphatic hydroxyl groups is 1. The van der Waals surface area contributed by atoms with Crippen LogP contribution in [-0.4, -0.2) is 75.3 Å². The molecule has 21 heavy (non-hydrogen) atoms. The largest absolute Gasteiger partial charge is 0.389 e. The minimum Gasteiger partial charge on any atom is -0.389 e. The van der Waals surface area contributed by atoms with Crippen LogP contribution in [0.15, 0.2) is 0 Å². The van der Waals surface area contributed by atoms with E-state index < -0.39 is 6.10 Å². The van der Waals surface area contributed by atoms with Gasteiger partial charge in [0, 0.05) is 19.2 Å². The standard InChI is InChI=1S/C16H36N2O3/c1-5-6-10-20-11-12-21-14-16(19)13-17-8-7-9-18(4)15(2)3/h15-17,19H,5-14H2,1-4H3. The predicted molar refractivity (Wildman–Crippen MR) is 87.8 cm³/mol. The minimum absolute atomic E-state index is 0.371. The third kappa shape index (κ3) is 14.5. The van der Waals surface area contributed by atoms with Gasteiger partial charge in [0.15, 0.2) is 0 Å². The summed E-state index contributed by atoms with van der Waals surface area (Å²) in [4.78, 5) is 2.32. The Bertz CT molecular complexity index is 216. The zero-order valence-corrected chi connectivity index (χ0v) is 14.4. The van der Waals surface area contributed by atoms with Crippen molar-refractivity contribution in [3.05, 3.63) is 0 Å². The molecule has 0 bridgehead atoms. The summed E-state index contributed by atoms with van der Waals surface area (Å²) in [7, 11) is 2.13. The average molecular weight is 304 g/mol. The van der Waals surface area contributed by atoms with Gasteiger partial charge in [-0.3, -0.25) is 0 Å². The lowest BCUT2D eigenvalue weighted by Gasteiger charge is -2.21. The molecule has 5 heteroatoms. The summed E-state index contributed by atoms with van der Waals surface area (Å²) in [6.45, 7) is 11.5. The Morgan fingerprint density at radius 3 is 2.48 bits per heavy atom. The topological polar surface area (TPSA) is 54.0 Å². The molecule has 0 aliphatic rings. The molecule has 0 saturated heterocycles. The number of ether oxygens (including phenoxy) is 2. The van der Waals surface area contributed by atoms with Crippen LogP contribution >= 0.6 is 0 Å². The fourth-order valence-electron chi connectivity index (χ4n) is 1.72. The number of nitrogens with one attached hydrogen (secondary N) is 1. The number of nitrogens with zero attached hydrogens (tertiary/aromatic N) is 1. The summed E-state index contributed by atoms with van der Waals surface area (Å²) < 4.78 is 10.8. The van der Waals surface area contributed by atoms with Crippen LogP contribution in [-0.2, 0) is 9.47 Å². The van der Waals surface area contributed by atoms with E-state index in [1.165, 1.54) is 0 Å². The highest BCUT2D eigenvalue weighted by Crippen LogP contribution is 1.94. The van der Waals surface area contributed by atoms with Gasteiger partial charge in [0.05, 0.1) is 25.9 Å². The van der Waals surface area contributed by atoms with E-state index in [9.17, 15) is 5.11 Å². The van der Waals surface area contributed by atoms with Crippen molar-refractivity contribution >= 4 is 0 Å². The molecule has 0 heterocycles. The van der Waals surface area contributed by atoms with Gasteiger partial charge in [-0.05, 0) is 46.8 Å². The second kappa shape index (κ2) is 14.7. The van der Waals surface area contributed by atoms with Crippen LogP contribution in [0.5, 0.6) is 0 Å². The Labute approximate surface area is 131 Å². The Kier molecular flexibility index (Phi) is 14.6. The molecule has 2 N–H and O–H groups in total. The Balaban J connectivity index is 3.25. The van der Waals surface area contributed by atoms with Crippen LogP contribution < -0.4 is 5.32 Å². The second-order valence-electron chi connectivity index (χ2n) is 5.83. The maximum absolute atomic E-state index is 9.75. The summed E-state index contributed by atoms with van der Waals surface area (Å²) in [5.74, 6) is 0. The Hall–Kier alpha value is -0.200. The molecule has 0 aliphatic carbocycles. The summed E-state index contributed by atoms with van der Waals surface area (Å²) in [5, 5.41) is 13.0. The van der Waals surface area contributed by atoms with E-state index in [0.717, 1.165) is 39.0 Å². The molecular formula is C16H36N2O3. The highest BCUT2D eigenvalue weighted by molar-refractivity contribution is 4.61. The molecular weight excluding hydrogens is 268 g/mol. The molecule has 0 amide bonds. The highest BCUT2D eigenvalue weighted by Gasteiger charge is 2.05. The molecule has 0 fully saturated rings. The maximum atomic E-state index is 9.75. The van der Waals surface area contributed by atoms with Gasteiger partial charge < -0.3 is 24.8 Å². The lowest BCUT2D eigenvalue weighted by atomic mass is 10.3. The van der Waals surface area contributed by atoms with E-state index in [-0.39, 0.29) is 0 Å². The van der Waals surface area contributed by atoms with E-state index in [2.05, 4.69) is 38.0 Å². The SMILES string of the molecule is CCCCOCCOCC(O)CNCCCN(C)C(C)C. The van der Waals surface area contributed by atoms with Crippen LogP contribution in [0, 0.1) is 0 Å².